The zero-order valence-electron chi connectivity index (χ0n) is 15.5. The van der Waals surface area contributed by atoms with Crippen molar-refractivity contribution in [2.75, 3.05) is 19.3 Å². The molecule has 2 aromatic heterocycles. The minimum absolute atomic E-state index is 0.250. The van der Waals surface area contributed by atoms with E-state index in [2.05, 4.69) is 36.7 Å². The van der Waals surface area contributed by atoms with Crippen LogP contribution >= 0.6 is 11.3 Å². The topological polar surface area (TPSA) is 105 Å². The van der Waals surface area contributed by atoms with E-state index in [0.29, 0.717) is 6.54 Å². The SMILES string of the molecule is CS(=O)(=O)NCCC1CN(Cc2cccs2)Cc2cncn21.O=C(O)C(F)(F)F. The van der Waals surface area contributed by atoms with E-state index in [4.69, 9.17) is 9.90 Å². The number of sulfonamides is 1. The van der Waals surface area contributed by atoms with E-state index in [1.165, 1.54) is 16.8 Å². The molecule has 0 aromatic carbocycles. The van der Waals surface area contributed by atoms with Gasteiger partial charge in [-0.05, 0) is 17.9 Å². The highest BCUT2D eigenvalue weighted by atomic mass is 32.2. The average molecular weight is 454 g/mol. The number of rotatable bonds is 6. The van der Waals surface area contributed by atoms with E-state index >= 15 is 0 Å². The van der Waals surface area contributed by atoms with Gasteiger partial charge in [0.25, 0.3) is 0 Å². The summed E-state index contributed by atoms with van der Waals surface area (Å²) >= 11 is 1.77. The predicted molar refractivity (Wildman–Crippen MR) is 101 cm³/mol. The Morgan fingerprint density at radius 1 is 1.45 bits per heavy atom. The molecule has 29 heavy (non-hydrogen) atoms. The van der Waals surface area contributed by atoms with Gasteiger partial charge in [0, 0.05) is 43.3 Å². The molecule has 0 radical (unpaired) electrons. The van der Waals surface area contributed by atoms with Crippen molar-refractivity contribution in [3.8, 4) is 0 Å². The first-order valence-corrected chi connectivity index (χ1v) is 11.2. The summed E-state index contributed by atoms with van der Waals surface area (Å²) < 4.78 is 58.9. The number of fused-ring (bicyclic) bond motifs is 1. The minimum Gasteiger partial charge on any atom is -0.475 e. The van der Waals surface area contributed by atoms with Crippen LogP contribution in [0.3, 0.4) is 0 Å². The van der Waals surface area contributed by atoms with Gasteiger partial charge in [-0.15, -0.1) is 11.3 Å². The van der Waals surface area contributed by atoms with Gasteiger partial charge in [-0.1, -0.05) is 6.07 Å². The Balaban J connectivity index is 0.000000370. The molecule has 0 saturated carbocycles. The van der Waals surface area contributed by atoms with Crippen molar-refractivity contribution in [1.82, 2.24) is 19.2 Å². The molecule has 0 fully saturated rings. The van der Waals surface area contributed by atoms with E-state index in [0.717, 1.165) is 26.1 Å². The van der Waals surface area contributed by atoms with E-state index in [9.17, 15) is 21.6 Å². The van der Waals surface area contributed by atoms with E-state index in [1.54, 1.807) is 11.3 Å². The molecule has 1 unspecified atom stereocenters. The van der Waals surface area contributed by atoms with Gasteiger partial charge in [0.2, 0.25) is 10.0 Å². The summed E-state index contributed by atoms with van der Waals surface area (Å²) in [6, 6.07) is 4.47. The summed E-state index contributed by atoms with van der Waals surface area (Å²) in [6.07, 6.45) is 0.623. The molecule has 0 saturated heterocycles. The maximum absolute atomic E-state index is 11.2. The molecule has 1 aliphatic rings. The molecule has 0 bridgehead atoms. The second-order valence-corrected chi connectivity index (χ2v) is 9.32. The molecule has 1 atom stereocenters. The number of thiophene rings is 1. The van der Waals surface area contributed by atoms with Crippen molar-refractivity contribution < 1.29 is 31.5 Å². The monoisotopic (exact) mass is 454 g/mol. The third kappa shape index (κ3) is 7.76. The van der Waals surface area contributed by atoms with Gasteiger partial charge in [-0.25, -0.2) is 22.9 Å². The first kappa shape index (κ1) is 23.3. The van der Waals surface area contributed by atoms with Gasteiger partial charge in [-0.2, -0.15) is 13.2 Å². The molecule has 1 aliphatic heterocycles. The van der Waals surface area contributed by atoms with Gasteiger partial charge in [0.15, 0.2) is 0 Å². The van der Waals surface area contributed by atoms with E-state index < -0.39 is 22.2 Å². The first-order chi connectivity index (χ1) is 13.5. The Morgan fingerprint density at radius 2 is 2.14 bits per heavy atom. The zero-order valence-corrected chi connectivity index (χ0v) is 17.1. The number of carbonyl (C=O) groups is 1. The second-order valence-electron chi connectivity index (χ2n) is 6.45. The Bertz CT molecular complexity index is 898. The maximum atomic E-state index is 11.2. The van der Waals surface area contributed by atoms with Crippen molar-refractivity contribution in [3.63, 3.8) is 0 Å². The Hall–Kier alpha value is -1.96. The van der Waals surface area contributed by atoms with Crippen LogP contribution in [0.15, 0.2) is 30.0 Å². The third-order valence-electron chi connectivity index (χ3n) is 4.04. The molecule has 3 rings (SSSR count). The number of halogens is 3. The largest absolute Gasteiger partial charge is 0.490 e. The number of carboxylic acid groups (broad SMARTS) is 1. The van der Waals surface area contributed by atoms with Crippen LogP contribution in [0.25, 0.3) is 0 Å². The van der Waals surface area contributed by atoms with Crippen LogP contribution in [0, 0.1) is 0 Å². The van der Waals surface area contributed by atoms with Crippen molar-refractivity contribution >= 4 is 27.3 Å². The van der Waals surface area contributed by atoms with E-state index in [-0.39, 0.29) is 6.04 Å². The second kappa shape index (κ2) is 9.69. The molecule has 162 valence electrons. The van der Waals surface area contributed by atoms with Crippen LogP contribution < -0.4 is 4.72 Å². The minimum atomic E-state index is -5.08. The molecular formula is C16H21F3N4O4S2. The summed E-state index contributed by atoms with van der Waals surface area (Å²) in [6.45, 7) is 3.17. The summed E-state index contributed by atoms with van der Waals surface area (Å²) in [5.41, 5.74) is 1.19. The van der Waals surface area contributed by atoms with Gasteiger partial charge < -0.3 is 9.67 Å². The van der Waals surface area contributed by atoms with Crippen LogP contribution in [0.5, 0.6) is 0 Å². The van der Waals surface area contributed by atoms with Crippen LogP contribution in [0.1, 0.15) is 23.0 Å². The number of imidazole rings is 1. The molecule has 2 aromatic rings. The van der Waals surface area contributed by atoms with E-state index in [1.807, 2.05) is 12.5 Å². The highest BCUT2D eigenvalue weighted by Crippen LogP contribution is 2.25. The normalized spacial score (nSPS) is 17.3. The number of alkyl halides is 3. The molecular weight excluding hydrogens is 433 g/mol. The number of aromatic nitrogens is 2. The fourth-order valence-electron chi connectivity index (χ4n) is 2.85. The van der Waals surface area contributed by atoms with Gasteiger partial charge >= 0.3 is 12.1 Å². The first-order valence-electron chi connectivity index (χ1n) is 8.46. The van der Waals surface area contributed by atoms with Crippen molar-refractivity contribution in [1.29, 1.82) is 0 Å². The van der Waals surface area contributed by atoms with Gasteiger partial charge in [0.1, 0.15) is 0 Å². The highest BCUT2D eigenvalue weighted by molar-refractivity contribution is 7.88. The molecule has 3 heterocycles. The molecule has 0 spiro atoms. The zero-order chi connectivity index (χ0) is 21.7. The summed E-state index contributed by atoms with van der Waals surface area (Å²) in [5.74, 6) is -2.76. The fourth-order valence-corrected chi connectivity index (χ4v) is 4.08. The lowest BCUT2D eigenvalue weighted by Gasteiger charge is -2.34. The molecule has 8 nitrogen and oxygen atoms in total. The fraction of sp³-hybridized carbons (Fsp3) is 0.500. The predicted octanol–water partition coefficient (Wildman–Crippen LogP) is 2.07. The lowest BCUT2D eigenvalue weighted by molar-refractivity contribution is -0.192. The number of nitrogens with one attached hydrogen (secondary N) is 1. The van der Waals surface area contributed by atoms with Crippen LogP contribution in [-0.4, -0.2) is 59.5 Å². The Labute approximate surface area is 170 Å². The quantitative estimate of drug-likeness (QED) is 0.693. The van der Waals surface area contributed by atoms with Crippen molar-refractivity contribution in [2.45, 2.75) is 31.7 Å². The van der Waals surface area contributed by atoms with Crippen LogP contribution in [-0.2, 0) is 27.9 Å². The number of carboxylic acids is 1. The lowest BCUT2D eigenvalue weighted by Crippen LogP contribution is -2.38. The summed E-state index contributed by atoms with van der Waals surface area (Å²) in [5, 5.41) is 9.22. The standard InChI is InChI=1S/C14H20N4O2S2.C2HF3O2/c1-22(19,20)16-5-4-12-8-17(10-14-3-2-6-21-14)9-13-7-15-11-18(12)13;3-2(4,5)1(6)7/h2-3,6-7,11-12,16H,4-5,8-10H2,1H3;(H,6,7). The summed E-state index contributed by atoms with van der Waals surface area (Å²) in [4.78, 5) is 16.9. The molecule has 0 amide bonds. The lowest BCUT2D eigenvalue weighted by atomic mass is 10.1. The number of hydrogen-bond donors (Lipinski definition) is 2. The Kier molecular flexibility index (Phi) is 7.80. The number of hydrogen-bond acceptors (Lipinski definition) is 6. The molecule has 13 heteroatoms. The van der Waals surface area contributed by atoms with Gasteiger partial charge in [-0.3, -0.25) is 4.90 Å². The highest BCUT2D eigenvalue weighted by Gasteiger charge is 2.38. The molecule has 0 aliphatic carbocycles. The van der Waals surface area contributed by atoms with Gasteiger partial charge in [0.05, 0.1) is 18.3 Å². The summed E-state index contributed by atoms with van der Waals surface area (Å²) in [7, 11) is -3.13. The Morgan fingerprint density at radius 3 is 2.69 bits per heavy atom. The third-order valence-corrected chi connectivity index (χ3v) is 5.63. The number of aliphatic carboxylic acids is 1. The average Bonchev–Trinajstić information content (AvgIpc) is 3.24. The smallest absolute Gasteiger partial charge is 0.475 e. The number of nitrogens with zero attached hydrogens (tertiary/aromatic N) is 3. The van der Waals surface area contributed by atoms with Crippen molar-refractivity contribution in [2.24, 2.45) is 0 Å². The van der Waals surface area contributed by atoms with Crippen molar-refractivity contribution in [3.05, 3.63) is 40.6 Å². The maximum Gasteiger partial charge on any atom is 0.490 e. The van der Waals surface area contributed by atoms with Crippen LogP contribution in [0.2, 0.25) is 0 Å². The molecule has 2 N–H and O–H groups in total. The van der Waals surface area contributed by atoms with Crippen LogP contribution in [0.4, 0.5) is 13.2 Å².